The highest BCUT2D eigenvalue weighted by Gasteiger charge is 2.94. The Labute approximate surface area is 201 Å². The molecule has 3 aliphatic heterocycles. The summed E-state index contributed by atoms with van der Waals surface area (Å²) < 4.78 is 23.1. The van der Waals surface area contributed by atoms with E-state index in [1.54, 1.807) is 19.5 Å². The largest absolute Gasteiger partial charge is 0.472 e. The summed E-state index contributed by atoms with van der Waals surface area (Å²) in [7, 11) is 0. The van der Waals surface area contributed by atoms with Crippen molar-refractivity contribution in [3.63, 3.8) is 0 Å². The van der Waals surface area contributed by atoms with E-state index in [9.17, 15) is 30.3 Å². The lowest BCUT2D eigenvalue weighted by atomic mass is 9.43. The number of esters is 1. The second-order valence-electron chi connectivity index (χ2n) is 12.1. The molecule has 0 amide bonds. The third kappa shape index (κ3) is 1.85. The summed E-state index contributed by atoms with van der Waals surface area (Å²) in [5.41, 5.74) is -9.16. The van der Waals surface area contributed by atoms with Crippen molar-refractivity contribution in [3.05, 3.63) is 36.3 Å². The Morgan fingerprint density at radius 3 is 2.40 bits per heavy atom. The molecule has 6 aliphatic rings. The summed E-state index contributed by atoms with van der Waals surface area (Å²) >= 11 is 0. The molecule has 2 saturated carbocycles. The second kappa shape index (κ2) is 5.70. The fourth-order valence-electron chi connectivity index (χ4n) is 9.36. The zero-order chi connectivity index (χ0) is 25.2. The maximum atomic E-state index is 12.5. The van der Waals surface area contributed by atoms with E-state index >= 15 is 0 Å². The fourth-order valence-corrected chi connectivity index (χ4v) is 9.36. The molecule has 3 aliphatic carbocycles. The van der Waals surface area contributed by atoms with Crippen molar-refractivity contribution < 1.29 is 49.0 Å². The van der Waals surface area contributed by atoms with Gasteiger partial charge in [-0.15, -0.1) is 0 Å². The lowest BCUT2D eigenvalue weighted by Gasteiger charge is -2.62. The van der Waals surface area contributed by atoms with Crippen molar-refractivity contribution in [1.29, 1.82) is 0 Å². The van der Waals surface area contributed by atoms with E-state index in [1.165, 1.54) is 26.0 Å². The van der Waals surface area contributed by atoms with E-state index in [1.807, 2.05) is 13.0 Å². The SMILES string of the molecule is C[C@]12[C@H](c3ccoc3)C[C@H]3O[C@]31[C@](C)(O)[C@@H]1[C@H](O[C@@]3(O)C=C[C@]4(C)OC(=O)[C@H](O)[C@]4(O)[C@@]13C)[C@@H]2O. The van der Waals surface area contributed by atoms with Crippen molar-refractivity contribution in [2.24, 2.45) is 16.7 Å². The monoisotopic (exact) mass is 490 g/mol. The second-order valence-corrected chi connectivity index (χ2v) is 12.1. The zero-order valence-corrected chi connectivity index (χ0v) is 19.8. The fraction of sp³-hybridized carbons (Fsp3) is 0.720. The maximum Gasteiger partial charge on any atom is 0.339 e. The quantitative estimate of drug-likeness (QED) is 0.201. The van der Waals surface area contributed by atoms with Crippen LogP contribution in [0, 0.1) is 16.7 Å². The molecule has 0 radical (unpaired) electrons. The van der Waals surface area contributed by atoms with Gasteiger partial charge in [-0.25, -0.2) is 4.79 Å². The summed E-state index contributed by atoms with van der Waals surface area (Å²) in [6.45, 7) is 6.31. The molecule has 13 atom stereocenters. The first-order chi connectivity index (χ1) is 16.2. The van der Waals surface area contributed by atoms with Crippen LogP contribution in [0.2, 0.25) is 0 Å². The van der Waals surface area contributed by atoms with Gasteiger partial charge in [0.15, 0.2) is 23.1 Å². The average Bonchev–Trinajstić information content (AvgIpc) is 3.03. The molecule has 10 nitrogen and oxygen atoms in total. The third-order valence-electron chi connectivity index (χ3n) is 11.0. The molecule has 7 rings (SSSR count). The number of hydrogen-bond donors (Lipinski definition) is 5. The molecule has 35 heavy (non-hydrogen) atoms. The standard InChI is InChI=1S/C25H30O10/c1-19-6-7-23(30)21(3,24(19,31)17(27)18(28)35-19)15-14(34-23)16(26)20(2)12(11-5-8-32-10-11)9-13-25(20,33-13)22(15,4)29/h5-8,10,12-17,26-27,29-31H,9H2,1-4H3/t12-,13+,14-,15+,16-,17-,19-,20+,21-,22+,23-,24+,25+/m0/s1. The molecule has 0 unspecified atom stereocenters. The molecule has 0 aromatic carbocycles. The van der Waals surface area contributed by atoms with Crippen molar-refractivity contribution in [1.82, 2.24) is 0 Å². The molecule has 5 N–H and O–H groups in total. The summed E-state index contributed by atoms with van der Waals surface area (Å²) in [5.74, 6) is -4.68. The molecule has 3 saturated heterocycles. The molecule has 1 aromatic rings. The van der Waals surface area contributed by atoms with E-state index < -0.39 is 75.3 Å². The molecule has 0 bridgehead atoms. The Morgan fingerprint density at radius 1 is 1.03 bits per heavy atom. The number of rotatable bonds is 1. The van der Waals surface area contributed by atoms with Crippen molar-refractivity contribution in [2.45, 2.75) is 92.6 Å². The Hall–Kier alpha value is -1.79. The molecular weight excluding hydrogens is 460 g/mol. The van der Waals surface area contributed by atoms with Gasteiger partial charge < -0.3 is 44.2 Å². The number of furan rings is 1. The van der Waals surface area contributed by atoms with Gasteiger partial charge in [0.1, 0.15) is 11.2 Å². The molecule has 5 fully saturated rings. The van der Waals surface area contributed by atoms with E-state index in [0.29, 0.717) is 6.42 Å². The van der Waals surface area contributed by atoms with Crippen LogP contribution in [0.1, 0.15) is 45.6 Å². The highest BCUT2D eigenvalue weighted by atomic mass is 16.7. The van der Waals surface area contributed by atoms with Crippen LogP contribution in [-0.4, -0.2) is 84.1 Å². The topological polar surface area (TPSA) is 162 Å². The van der Waals surface area contributed by atoms with Crippen LogP contribution in [0.15, 0.2) is 35.2 Å². The first-order valence-electron chi connectivity index (χ1n) is 12.0. The lowest BCUT2D eigenvalue weighted by molar-refractivity contribution is -0.300. The van der Waals surface area contributed by atoms with Crippen LogP contribution in [0.3, 0.4) is 0 Å². The summed E-state index contributed by atoms with van der Waals surface area (Å²) in [5, 5.41) is 59.3. The highest BCUT2D eigenvalue weighted by Crippen LogP contribution is 2.80. The highest BCUT2D eigenvalue weighted by molar-refractivity contribution is 5.81. The minimum Gasteiger partial charge on any atom is -0.472 e. The molecule has 190 valence electrons. The molecular formula is C25H30O10. The molecule has 1 aromatic heterocycles. The van der Waals surface area contributed by atoms with Crippen molar-refractivity contribution in [3.8, 4) is 0 Å². The predicted octanol–water partition coefficient (Wildman–Crippen LogP) is -0.277. The lowest BCUT2D eigenvalue weighted by Crippen LogP contribution is -2.79. The van der Waals surface area contributed by atoms with E-state index in [4.69, 9.17) is 18.6 Å². The van der Waals surface area contributed by atoms with Gasteiger partial charge in [0, 0.05) is 17.3 Å². The van der Waals surface area contributed by atoms with Crippen LogP contribution in [0.5, 0.6) is 0 Å². The number of aliphatic hydroxyl groups excluding tert-OH is 2. The van der Waals surface area contributed by atoms with Crippen molar-refractivity contribution >= 4 is 5.97 Å². The van der Waals surface area contributed by atoms with E-state index in [2.05, 4.69) is 0 Å². The number of ether oxygens (including phenoxy) is 3. The van der Waals surface area contributed by atoms with Gasteiger partial charge in [0.05, 0.1) is 36.3 Å². The summed E-state index contributed by atoms with van der Waals surface area (Å²) in [6.07, 6.45) is 1.43. The van der Waals surface area contributed by atoms with Gasteiger partial charge in [0.25, 0.3) is 0 Å². The average molecular weight is 491 g/mol. The first kappa shape index (κ1) is 22.4. The van der Waals surface area contributed by atoms with Crippen LogP contribution in [0.25, 0.3) is 0 Å². The number of hydrogen-bond acceptors (Lipinski definition) is 10. The van der Waals surface area contributed by atoms with Gasteiger partial charge in [-0.1, -0.05) is 13.8 Å². The normalized spacial score (nSPS) is 63.6. The maximum absolute atomic E-state index is 12.5. The van der Waals surface area contributed by atoms with Gasteiger partial charge in [-0.2, -0.15) is 0 Å². The van der Waals surface area contributed by atoms with E-state index in [-0.39, 0.29) is 5.92 Å². The number of epoxide rings is 1. The minimum atomic E-state index is -2.39. The van der Waals surface area contributed by atoms with Crippen LogP contribution in [-0.2, 0) is 19.0 Å². The smallest absolute Gasteiger partial charge is 0.339 e. The van der Waals surface area contributed by atoms with Gasteiger partial charge in [-0.05, 0) is 44.1 Å². The summed E-state index contributed by atoms with van der Waals surface area (Å²) in [6, 6.07) is 1.82. The Kier molecular flexibility index (Phi) is 3.65. The number of carbonyl (C=O) groups is 1. The number of aliphatic hydroxyl groups is 5. The Balaban J connectivity index is 1.46. The molecule has 1 spiro atoms. The summed E-state index contributed by atoms with van der Waals surface area (Å²) in [4.78, 5) is 12.5. The molecule has 10 heteroatoms. The third-order valence-corrected chi connectivity index (χ3v) is 11.0. The van der Waals surface area contributed by atoms with Crippen LogP contribution < -0.4 is 0 Å². The van der Waals surface area contributed by atoms with Gasteiger partial charge >= 0.3 is 5.97 Å². The van der Waals surface area contributed by atoms with Gasteiger partial charge in [0.2, 0.25) is 0 Å². The van der Waals surface area contributed by atoms with Crippen LogP contribution >= 0.6 is 0 Å². The zero-order valence-electron chi connectivity index (χ0n) is 19.8. The minimum absolute atomic E-state index is 0.234. The Morgan fingerprint density at radius 2 is 1.74 bits per heavy atom. The number of carbonyl (C=O) groups excluding carboxylic acids is 1. The van der Waals surface area contributed by atoms with Gasteiger partial charge in [-0.3, -0.25) is 0 Å². The molecule has 4 heterocycles. The number of fused-ring (bicyclic) bond motifs is 5. The Bertz CT molecular complexity index is 1180. The predicted molar refractivity (Wildman–Crippen MR) is 114 cm³/mol. The van der Waals surface area contributed by atoms with E-state index in [0.717, 1.165) is 5.56 Å². The van der Waals surface area contributed by atoms with Crippen molar-refractivity contribution in [2.75, 3.05) is 0 Å². The first-order valence-corrected chi connectivity index (χ1v) is 12.0. The van der Waals surface area contributed by atoms with Crippen LogP contribution in [0.4, 0.5) is 0 Å².